The predicted molar refractivity (Wildman–Crippen MR) is 105 cm³/mol. The van der Waals surface area contributed by atoms with Crippen molar-refractivity contribution in [1.29, 1.82) is 0 Å². The van der Waals surface area contributed by atoms with Gasteiger partial charge in [0.1, 0.15) is 5.75 Å². The molecule has 1 saturated carbocycles. The minimum atomic E-state index is -0.322. The summed E-state index contributed by atoms with van der Waals surface area (Å²) in [5.74, 6) is 0.963. The van der Waals surface area contributed by atoms with Crippen molar-refractivity contribution < 1.29 is 4.74 Å². The standard InChI is InChI=1S/C21H20Cl2N2O/c22-15-6-4-14(5-7-15)18-13-19-17-12-16(23)8-9-20(17)26-21(25(19)24-18)10-2-1-3-11-21/h4-9,12,19H,1-3,10-11,13H2. The number of halogens is 2. The quantitative estimate of drug-likeness (QED) is 0.582. The zero-order chi connectivity index (χ0) is 17.7. The number of hydrogen-bond donors (Lipinski definition) is 0. The molecule has 1 aliphatic carbocycles. The lowest BCUT2D eigenvalue weighted by Gasteiger charge is -2.49. The Bertz CT molecular complexity index is 872. The predicted octanol–water partition coefficient (Wildman–Crippen LogP) is 6.20. The Morgan fingerprint density at radius 3 is 2.46 bits per heavy atom. The van der Waals surface area contributed by atoms with Crippen molar-refractivity contribution in [2.24, 2.45) is 5.10 Å². The molecule has 0 aromatic heterocycles. The van der Waals surface area contributed by atoms with Gasteiger partial charge in [-0.05, 0) is 48.7 Å². The molecule has 5 heteroatoms. The SMILES string of the molecule is Clc1ccc(C2=NN3C(C2)c2cc(Cl)ccc2OC32CCCCC2)cc1. The highest BCUT2D eigenvalue weighted by Crippen LogP contribution is 2.51. The Morgan fingerprint density at radius 2 is 1.69 bits per heavy atom. The van der Waals surface area contributed by atoms with E-state index in [1.165, 1.54) is 19.3 Å². The third-order valence-corrected chi connectivity index (χ3v) is 6.26. The van der Waals surface area contributed by atoms with E-state index in [-0.39, 0.29) is 11.8 Å². The van der Waals surface area contributed by atoms with E-state index < -0.39 is 0 Å². The molecule has 1 spiro atoms. The Balaban J connectivity index is 1.60. The van der Waals surface area contributed by atoms with Gasteiger partial charge in [-0.2, -0.15) is 5.10 Å². The second-order valence-corrected chi connectivity index (χ2v) is 8.28. The zero-order valence-electron chi connectivity index (χ0n) is 14.4. The topological polar surface area (TPSA) is 24.8 Å². The zero-order valence-corrected chi connectivity index (χ0v) is 15.9. The molecule has 0 saturated heterocycles. The van der Waals surface area contributed by atoms with Crippen LogP contribution in [0.2, 0.25) is 10.0 Å². The van der Waals surface area contributed by atoms with Crippen LogP contribution in [0.4, 0.5) is 0 Å². The number of hydrazone groups is 1. The van der Waals surface area contributed by atoms with Gasteiger partial charge in [0.25, 0.3) is 0 Å². The fourth-order valence-electron chi connectivity index (χ4n) is 4.50. The van der Waals surface area contributed by atoms with Gasteiger partial charge in [-0.25, -0.2) is 5.01 Å². The van der Waals surface area contributed by atoms with Crippen LogP contribution in [0, 0.1) is 0 Å². The van der Waals surface area contributed by atoms with Crippen molar-refractivity contribution in [3.63, 3.8) is 0 Å². The van der Waals surface area contributed by atoms with Gasteiger partial charge in [-0.1, -0.05) is 41.8 Å². The van der Waals surface area contributed by atoms with E-state index in [1.54, 1.807) is 0 Å². The van der Waals surface area contributed by atoms with Crippen LogP contribution in [0.3, 0.4) is 0 Å². The smallest absolute Gasteiger partial charge is 0.198 e. The summed E-state index contributed by atoms with van der Waals surface area (Å²) in [6, 6.07) is 14.1. The first-order valence-corrected chi connectivity index (χ1v) is 10.0. The summed E-state index contributed by atoms with van der Waals surface area (Å²) < 4.78 is 6.57. The average Bonchev–Trinajstić information content (AvgIpc) is 3.11. The van der Waals surface area contributed by atoms with Gasteiger partial charge in [-0.15, -0.1) is 0 Å². The van der Waals surface area contributed by atoms with Crippen LogP contribution >= 0.6 is 23.2 Å². The van der Waals surface area contributed by atoms with E-state index in [1.807, 2.05) is 42.5 Å². The molecule has 2 aromatic carbocycles. The molecule has 0 amide bonds. The molecule has 26 heavy (non-hydrogen) atoms. The normalized spacial score (nSPS) is 23.2. The molecule has 0 radical (unpaired) electrons. The molecule has 3 aliphatic rings. The lowest BCUT2D eigenvalue weighted by molar-refractivity contribution is -0.140. The summed E-state index contributed by atoms with van der Waals surface area (Å²) in [6.45, 7) is 0. The fourth-order valence-corrected chi connectivity index (χ4v) is 4.81. The van der Waals surface area contributed by atoms with Crippen LogP contribution < -0.4 is 4.74 Å². The van der Waals surface area contributed by atoms with E-state index in [0.29, 0.717) is 0 Å². The largest absolute Gasteiger partial charge is 0.466 e. The molecule has 3 nitrogen and oxygen atoms in total. The number of fused-ring (bicyclic) bond motifs is 4. The summed E-state index contributed by atoms with van der Waals surface area (Å²) in [4.78, 5) is 0. The average molecular weight is 387 g/mol. The van der Waals surface area contributed by atoms with Crippen molar-refractivity contribution in [3.05, 3.63) is 63.6 Å². The Hall–Kier alpha value is -1.71. The minimum absolute atomic E-state index is 0.182. The molecule has 134 valence electrons. The maximum atomic E-state index is 6.57. The number of nitrogens with zero attached hydrogens (tertiary/aromatic N) is 2. The highest BCUT2D eigenvalue weighted by Gasteiger charge is 2.50. The highest BCUT2D eigenvalue weighted by atomic mass is 35.5. The first-order chi connectivity index (χ1) is 12.6. The first kappa shape index (κ1) is 16.5. The summed E-state index contributed by atoms with van der Waals surface area (Å²) in [5, 5.41) is 8.77. The van der Waals surface area contributed by atoms with Gasteiger partial charge in [0.2, 0.25) is 0 Å². The first-order valence-electron chi connectivity index (χ1n) is 9.26. The molecule has 2 aliphatic heterocycles. The van der Waals surface area contributed by atoms with Gasteiger partial charge in [-0.3, -0.25) is 0 Å². The summed E-state index contributed by atoms with van der Waals surface area (Å²) in [6.07, 6.45) is 6.52. The number of rotatable bonds is 1. The highest BCUT2D eigenvalue weighted by molar-refractivity contribution is 6.31. The van der Waals surface area contributed by atoms with Crippen molar-refractivity contribution in [2.45, 2.75) is 50.3 Å². The van der Waals surface area contributed by atoms with Crippen LogP contribution in [0.25, 0.3) is 0 Å². The summed E-state index contributed by atoms with van der Waals surface area (Å²) in [7, 11) is 0. The van der Waals surface area contributed by atoms with E-state index >= 15 is 0 Å². The van der Waals surface area contributed by atoms with E-state index in [4.69, 9.17) is 33.0 Å². The van der Waals surface area contributed by atoms with Crippen LogP contribution in [0.1, 0.15) is 55.7 Å². The van der Waals surface area contributed by atoms with E-state index in [0.717, 1.165) is 51.9 Å². The summed E-state index contributed by atoms with van der Waals surface area (Å²) in [5.41, 5.74) is 3.03. The maximum Gasteiger partial charge on any atom is 0.198 e. The van der Waals surface area contributed by atoms with E-state index in [2.05, 4.69) is 5.01 Å². The van der Waals surface area contributed by atoms with Gasteiger partial charge >= 0.3 is 0 Å². The fraction of sp³-hybridized carbons (Fsp3) is 0.381. The second kappa shape index (κ2) is 6.17. The molecule has 5 rings (SSSR count). The number of hydrogen-bond acceptors (Lipinski definition) is 3. The Kier molecular flexibility index (Phi) is 3.91. The van der Waals surface area contributed by atoms with Crippen LogP contribution in [-0.4, -0.2) is 16.4 Å². The monoisotopic (exact) mass is 386 g/mol. The Morgan fingerprint density at radius 1 is 0.962 bits per heavy atom. The molecular weight excluding hydrogens is 367 g/mol. The van der Waals surface area contributed by atoms with Gasteiger partial charge in [0.05, 0.1) is 11.8 Å². The molecule has 1 unspecified atom stereocenters. The molecule has 2 heterocycles. The van der Waals surface area contributed by atoms with Crippen molar-refractivity contribution >= 4 is 28.9 Å². The number of benzene rings is 2. The van der Waals surface area contributed by atoms with Gasteiger partial charge in [0.15, 0.2) is 5.72 Å². The van der Waals surface area contributed by atoms with Crippen molar-refractivity contribution in [3.8, 4) is 5.75 Å². The maximum absolute atomic E-state index is 6.57. The molecule has 1 fully saturated rings. The van der Waals surface area contributed by atoms with Crippen molar-refractivity contribution in [1.82, 2.24) is 5.01 Å². The van der Waals surface area contributed by atoms with Crippen LogP contribution in [-0.2, 0) is 0 Å². The van der Waals surface area contributed by atoms with Crippen molar-refractivity contribution in [2.75, 3.05) is 0 Å². The van der Waals surface area contributed by atoms with Crippen LogP contribution in [0.15, 0.2) is 47.6 Å². The molecule has 0 N–H and O–H groups in total. The lowest BCUT2D eigenvalue weighted by atomic mass is 9.86. The molecule has 1 atom stereocenters. The summed E-state index contributed by atoms with van der Waals surface area (Å²) >= 11 is 12.3. The number of ether oxygens (including phenoxy) is 1. The molecule has 2 aromatic rings. The van der Waals surface area contributed by atoms with Crippen LogP contribution in [0.5, 0.6) is 5.75 Å². The second-order valence-electron chi connectivity index (χ2n) is 7.41. The third kappa shape index (κ3) is 2.60. The lowest BCUT2D eigenvalue weighted by Crippen LogP contribution is -2.54. The van der Waals surface area contributed by atoms with E-state index in [9.17, 15) is 0 Å². The molecular formula is C21H20Cl2N2O. The third-order valence-electron chi connectivity index (χ3n) is 5.77. The van der Waals surface area contributed by atoms with Gasteiger partial charge in [0, 0.05) is 34.9 Å². The minimum Gasteiger partial charge on any atom is -0.466 e. The Labute approximate surface area is 163 Å². The van der Waals surface area contributed by atoms with Gasteiger partial charge < -0.3 is 4.74 Å². The molecule has 0 bridgehead atoms.